The maximum atomic E-state index is 13.0. The molecule has 1 aromatic heterocycles. The lowest BCUT2D eigenvalue weighted by Gasteiger charge is -2.17. The van der Waals surface area contributed by atoms with Crippen molar-refractivity contribution in [2.24, 2.45) is 0 Å². The number of hydrogen-bond acceptors (Lipinski definition) is 5. The van der Waals surface area contributed by atoms with E-state index < -0.39 is 12.0 Å². The van der Waals surface area contributed by atoms with Crippen LogP contribution in [0.25, 0.3) is 11.1 Å². The minimum absolute atomic E-state index is 0.356. The second kappa shape index (κ2) is 12.0. The molecule has 4 nitrogen and oxygen atoms in total. The molecule has 0 aliphatic heterocycles. The number of rotatable bonds is 11. The van der Waals surface area contributed by atoms with Crippen LogP contribution in [0.3, 0.4) is 0 Å². The van der Waals surface area contributed by atoms with Gasteiger partial charge in [-0.25, -0.2) is 4.79 Å². The van der Waals surface area contributed by atoms with Gasteiger partial charge < -0.3 is 10.4 Å². The van der Waals surface area contributed by atoms with Gasteiger partial charge in [0.15, 0.2) is 0 Å². The van der Waals surface area contributed by atoms with Crippen LogP contribution >= 0.6 is 34.9 Å². The third-order valence-electron chi connectivity index (χ3n) is 4.72. The molecule has 31 heavy (non-hydrogen) atoms. The van der Waals surface area contributed by atoms with Crippen molar-refractivity contribution in [3.8, 4) is 11.1 Å². The SMILES string of the molecule is CSCC[C@H](NC(=O)c1ccc(CSCc2cccs2)cc1-c1ccccc1)C(=O)O. The Balaban J connectivity index is 1.81. The molecular weight excluding hydrogens is 446 g/mol. The Hall–Kier alpha value is -2.22. The zero-order chi connectivity index (χ0) is 22.1. The van der Waals surface area contributed by atoms with E-state index in [9.17, 15) is 14.7 Å². The molecule has 0 radical (unpaired) electrons. The lowest BCUT2D eigenvalue weighted by Crippen LogP contribution is -2.41. The summed E-state index contributed by atoms with van der Waals surface area (Å²) in [5, 5.41) is 14.3. The van der Waals surface area contributed by atoms with Gasteiger partial charge in [0.25, 0.3) is 5.91 Å². The molecule has 0 bridgehead atoms. The zero-order valence-electron chi connectivity index (χ0n) is 17.2. The number of benzene rings is 2. The van der Waals surface area contributed by atoms with Crippen molar-refractivity contribution < 1.29 is 14.7 Å². The minimum atomic E-state index is -1.01. The fourth-order valence-corrected chi connectivity index (χ4v) is 5.43. The standard InChI is InChI=1S/C24H25NO3S3/c1-29-13-11-22(24(27)28)25-23(26)20-10-9-17(15-30-16-19-8-5-12-31-19)14-21(20)18-6-3-2-4-7-18/h2-10,12,14,22H,11,13,15-16H2,1H3,(H,25,26)(H,27,28)/t22-/m0/s1. The Morgan fingerprint density at radius 3 is 2.55 bits per heavy atom. The molecule has 0 spiro atoms. The first-order chi connectivity index (χ1) is 15.1. The highest BCUT2D eigenvalue weighted by molar-refractivity contribution is 7.98. The van der Waals surface area contributed by atoms with Gasteiger partial charge >= 0.3 is 5.97 Å². The summed E-state index contributed by atoms with van der Waals surface area (Å²) in [6.45, 7) is 0. The number of aliphatic carboxylic acids is 1. The Labute approximate surface area is 195 Å². The number of nitrogens with one attached hydrogen (secondary N) is 1. The smallest absolute Gasteiger partial charge is 0.326 e. The summed E-state index contributed by atoms with van der Waals surface area (Å²) in [5.74, 6) is 1.10. The van der Waals surface area contributed by atoms with Gasteiger partial charge in [0.1, 0.15) is 6.04 Å². The second-order valence-electron chi connectivity index (χ2n) is 6.96. The van der Waals surface area contributed by atoms with E-state index in [1.807, 2.05) is 66.5 Å². The van der Waals surface area contributed by atoms with Gasteiger partial charge in [-0.3, -0.25) is 4.79 Å². The number of carboxylic acid groups (broad SMARTS) is 1. The summed E-state index contributed by atoms with van der Waals surface area (Å²) in [6, 6.07) is 18.9. The van der Waals surface area contributed by atoms with Crippen LogP contribution in [-0.4, -0.2) is 35.0 Å². The van der Waals surface area contributed by atoms with E-state index in [2.05, 4.69) is 22.8 Å². The molecular formula is C24H25NO3S3. The van der Waals surface area contributed by atoms with E-state index in [0.717, 1.165) is 28.2 Å². The highest BCUT2D eigenvalue weighted by atomic mass is 32.2. The van der Waals surface area contributed by atoms with Crippen LogP contribution in [0.1, 0.15) is 27.2 Å². The predicted molar refractivity (Wildman–Crippen MR) is 133 cm³/mol. The van der Waals surface area contributed by atoms with E-state index in [-0.39, 0.29) is 5.91 Å². The molecule has 0 saturated heterocycles. The summed E-state index contributed by atoms with van der Waals surface area (Å²) >= 11 is 5.15. The van der Waals surface area contributed by atoms with Crippen LogP contribution in [0, 0.1) is 0 Å². The summed E-state index contributed by atoms with van der Waals surface area (Å²) in [4.78, 5) is 25.9. The van der Waals surface area contributed by atoms with Crippen molar-refractivity contribution in [2.75, 3.05) is 12.0 Å². The van der Waals surface area contributed by atoms with Gasteiger partial charge in [-0.2, -0.15) is 23.5 Å². The Morgan fingerprint density at radius 1 is 1.06 bits per heavy atom. The topological polar surface area (TPSA) is 66.4 Å². The Morgan fingerprint density at radius 2 is 1.87 bits per heavy atom. The van der Waals surface area contributed by atoms with Gasteiger partial charge in [0.2, 0.25) is 0 Å². The normalized spacial score (nSPS) is 11.8. The number of thiophene rings is 1. The predicted octanol–water partition coefficient (Wildman–Crippen LogP) is 5.78. The number of carboxylic acids is 1. The van der Waals surface area contributed by atoms with Gasteiger partial charge in [0, 0.05) is 21.9 Å². The molecule has 7 heteroatoms. The highest BCUT2D eigenvalue weighted by Crippen LogP contribution is 2.28. The van der Waals surface area contributed by atoms with Crippen LogP contribution in [0.2, 0.25) is 0 Å². The van der Waals surface area contributed by atoms with Gasteiger partial charge in [0.05, 0.1) is 0 Å². The van der Waals surface area contributed by atoms with Crippen molar-refractivity contribution in [3.63, 3.8) is 0 Å². The maximum absolute atomic E-state index is 13.0. The molecule has 0 aliphatic rings. The lowest BCUT2D eigenvalue weighted by molar-refractivity contribution is -0.139. The van der Waals surface area contributed by atoms with E-state index >= 15 is 0 Å². The molecule has 2 aromatic carbocycles. The third kappa shape index (κ3) is 6.89. The lowest BCUT2D eigenvalue weighted by atomic mass is 9.97. The molecule has 1 atom stereocenters. The molecule has 2 N–H and O–H groups in total. The van der Waals surface area contributed by atoms with Gasteiger partial charge in [-0.1, -0.05) is 42.5 Å². The highest BCUT2D eigenvalue weighted by Gasteiger charge is 2.22. The number of amides is 1. The third-order valence-corrected chi connectivity index (χ3v) is 7.48. The fraction of sp³-hybridized carbons (Fsp3) is 0.250. The zero-order valence-corrected chi connectivity index (χ0v) is 19.7. The van der Waals surface area contributed by atoms with Crippen molar-refractivity contribution in [1.29, 1.82) is 0 Å². The van der Waals surface area contributed by atoms with Crippen LogP contribution in [-0.2, 0) is 16.3 Å². The first-order valence-electron chi connectivity index (χ1n) is 9.89. The van der Waals surface area contributed by atoms with Crippen LogP contribution in [0.15, 0.2) is 66.0 Å². The second-order valence-corrected chi connectivity index (χ2v) is 9.97. The summed E-state index contributed by atoms with van der Waals surface area (Å²) < 4.78 is 0. The Kier molecular flexibility index (Phi) is 9.06. The fourth-order valence-electron chi connectivity index (χ4n) is 3.13. The van der Waals surface area contributed by atoms with Gasteiger partial charge in [-0.15, -0.1) is 11.3 Å². The molecule has 3 rings (SSSR count). The quantitative estimate of drug-likeness (QED) is 0.371. The van der Waals surface area contributed by atoms with Crippen molar-refractivity contribution in [1.82, 2.24) is 5.32 Å². The van der Waals surface area contributed by atoms with E-state index in [4.69, 9.17) is 0 Å². The van der Waals surface area contributed by atoms with E-state index in [0.29, 0.717) is 17.7 Å². The van der Waals surface area contributed by atoms with Crippen molar-refractivity contribution >= 4 is 46.7 Å². The average Bonchev–Trinajstić information content (AvgIpc) is 3.30. The molecule has 0 fully saturated rings. The largest absolute Gasteiger partial charge is 0.480 e. The van der Waals surface area contributed by atoms with Crippen molar-refractivity contribution in [2.45, 2.75) is 24.0 Å². The van der Waals surface area contributed by atoms with Crippen LogP contribution in [0.4, 0.5) is 0 Å². The van der Waals surface area contributed by atoms with Gasteiger partial charge in [-0.05, 0) is 58.7 Å². The summed E-state index contributed by atoms with van der Waals surface area (Å²) in [7, 11) is 0. The minimum Gasteiger partial charge on any atom is -0.480 e. The van der Waals surface area contributed by atoms with E-state index in [1.54, 1.807) is 23.1 Å². The van der Waals surface area contributed by atoms with Crippen LogP contribution < -0.4 is 5.32 Å². The molecule has 1 amide bonds. The molecule has 162 valence electrons. The first-order valence-corrected chi connectivity index (χ1v) is 13.3. The van der Waals surface area contributed by atoms with E-state index in [1.165, 1.54) is 4.88 Å². The molecule has 0 saturated carbocycles. The number of carbonyl (C=O) groups is 2. The summed E-state index contributed by atoms with van der Waals surface area (Å²) in [5.41, 5.74) is 3.39. The number of thioether (sulfide) groups is 2. The molecule has 1 heterocycles. The molecule has 3 aromatic rings. The Bertz CT molecular complexity index is 991. The molecule has 0 unspecified atom stereocenters. The van der Waals surface area contributed by atoms with Crippen LogP contribution in [0.5, 0.6) is 0 Å². The molecule has 0 aliphatic carbocycles. The number of hydrogen-bond donors (Lipinski definition) is 2. The number of carbonyl (C=O) groups excluding carboxylic acids is 1. The maximum Gasteiger partial charge on any atom is 0.326 e. The monoisotopic (exact) mass is 471 g/mol. The van der Waals surface area contributed by atoms with Crippen molar-refractivity contribution in [3.05, 3.63) is 82.0 Å². The summed E-state index contributed by atoms with van der Waals surface area (Å²) in [6.07, 6.45) is 2.31. The average molecular weight is 472 g/mol. The first kappa shape index (κ1) is 23.4.